The Kier molecular flexibility index (Phi) is 3.65. The number of fused-ring (bicyclic) bond motifs is 1. The number of methoxy groups -OCH3 is 1. The lowest BCUT2D eigenvalue weighted by atomic mass is 10.3. The van der Waals surface area contributed by atoms with Crippen LogP contribution in [0.4, 0.5) is 0 Å². The summed E-state index contributed by atoms with van der Waals surface area (Å²) in [5, 5.41) is 0. The molecule has 0 amide bonds. The third-order valence-electron chi connectivity index (χ3n) is 2.44. The molecular weight excluding hydrogens is 254 g/mol. The van der Waals surface area contributed by atoms with Gasteiger partial charge in [0.15, 0.2) is 12.2 Å². The van der Waals surface area contributed by atoms with E-state index < -0.39 is 24.3 Å². The fourth-order valence-corrected chi connectivity index (χ4v) is 1.54. The second-order valence-electron chi connectivity index (χ2n) is 3.66. The zero-order valence-electron chi connectivity index (χ0n) is 10.1. The number of carbonyl (C=O) groups excluding carboxylic acids is 2. The van der Waals surface area contributed by atoms with E-state index in [2.05, 4.69) is 9.47 Å². The molecule has 1 aromatic heterocycles. The van der Waals surface area contributed by atoms with Gasteiger partial charge in [-0.2, -0.15) is 0 Å². The van der Waals surface area contributed by atoms with Crippen LogP contribution in [0.3, 0.4) is 0 Å². The Morgan fingerprint density at radius 3 is 2.74 bits per heavy atom. The van der Waals surface area contributed by atoms with Crippen molar-refractivity contribution >= 4 is 23.0 Å². The monoisotopic (exact) mass is 265 g/mol. The summed E-state index contributed by atoms with van der Waals surface area (Å²) in [5.74, 6) is -2.05. The van der Waals surface area contributed by atoms with Gasteiger partial charge in [0.1, 0.15) is 6.54 Å². The number of aromatic nitrogens is 1. The van der Waals surface area contributed by atoms with Crippen LogP contribution in [0.25, 0.3) is 11.1 Å². The smallest absolute Gasteiger partial charge is 0.420 e. The first-order chi connectivity index (χ1) is 9.11. The molecule has 0 bridgehead atoms. The van der Waals surface area contributed by atoms with E-state index in [9.17, 15) is 14.4 Å². The van der Waals surface area contributed by atoms with Crippen molar-refractivity contribution in [2.24, 2.45) is 0 Å². The van der Waals surface area contributed by atoms with Crippen molar-refractivity contribution < 1.29 is 23.5 Å². The summed E-state index contributed by atoms with van der Waals surface area (Å²) < 4.78 is 15.1. The quantitative estimate of drug-likeness (QED) is 0.739. The number of benzene rings is 1. The molecule has 0 aliphatic heterocycles. The first kappa shape index (κ1) is 12.9. The first-order valence-corrected chi connectivity index (χ1v) is 5.42. The minimum atomic E-state index is -0.723. The van der Waals surface area contributed by atoms with Gasteiger partial charge in [0.05, 0.1) is 12.6 Å². The van der Waals surface area contributed by atoms with E-state index in [0.717, 1.165) is 4.57 Å². The van der Waals surface area contributed by atoms with Crippen LogP contribution >= 0.6 is 0 Å². The van der Waals surface area contributed by atoms with Gasteiger partial charge in [0.25, 0.3) is 0 Å². The highest BCUT2D eigenvalue weighted by Gasteiger charge is 2.14. The summed E-state index contributed by atoms with van der Waals surface area (Å²) in [5.41, 5.74) is 0.871. The largest absolute Gasteiger partial charge is 0.466 e. The fourth-order valence-electron chi connectivity index (χ4n) is 1.54. The van der Waals surface area contributed by atoms with Gasteiger partial charge in [-0.1, -0.05) is 12.1 Å². The molecule has 0 unspecified atom stereocenters. The molecular formula is C12H11NO6. The standard InChI is InChI=1S/C12H11NO6/c1-17-11(15)7-18-10(14)6-13-8-4-2-3-5-9(8)19-12(13)16/h2-5H,6-7H2,1H3. The van der Waals surface area contributed by atoms with Crippen molar-refractivity contribution in [2.45, 2.75) is 6.54 Å². The Balaban J connectivity index is 2.13. The molecule has 2 aromatic rings. The zero-order valence-corrected chi connectivity index (χ0v) is 10.1. The Hall–Kier alpha value is -2.57. The van der Waals surface area contributed by atoms with E-state index in [4.69, 9.17) is 4.42 Å². The lowest BCUT2D eigenvalue weighted by Gasteiger charge is -2.03. The van der Waals surface area contributed by atoms with Crippen molar-refractivity contribution in [3.05, 3.63) is 34.8 Å². The number of nitrogens with zero attached hydrogens (tertiary/aromatic N) is 1. The van der Waals surface area contributed by atoms with Gasteiger partial charge in [-0.3, -0.25) is 9.36 Å². The molecule has 0 saturated heterocycles. The first-order valence-electron chi connectivity index (χ1n) is 5.42. The van der Waals surface area contributed by atoms with Gasteiger partial charge in [0, 0.05) is 0 Å². The summed E-state index contributed by atoms with van der Waals surface area (Å²) in [6, 6.07) is 6.69. The van der Waals surface area contributed by atoms with Crippen LogP contribution in [0.2, 0.25) is 0 Å². The van der Waals surface area contributed by atoms with E-state index >= 15 is 0 Å². The molecule has 0 radical (unpaired) electrons. The van der Waals surface area contributed by atoms with Crippen molar-refractivity contribution in [1.82, 2.24) is 4.57 Å². The highest BCUT2D eigenvalue weighted by molar-refractivity contribution is 5.78. The second kappa shape index (κ2) is 5.38. The van der Waals surface area contributed by atoms with Crippen LogP contribution in [-0.4, -0.2) is 30.2 Å². The highest BCUT2D eigenvalue weighted by atomic mass is 16.6. The number of esters is 2. The minimum Gasteiger partial charge on any atom is -0.466 e. The van der Waals surface area contributed by atoms with E-state index in [1.807, 2.05) is 0 Å². The molecule has 0 N–H and O–H groups in total. The SMILES string of the molecule is COC(=O)COC(=O)Cn1c(=O)oc2ccccc21. The molecule has 0 spiro atoms. The highest BCUT2D eigenvalue weighted by Crippen LogP contribution is 2.11. The summed E-state index contributed by atoms with van der Waals surface area (Å²) in [6.45, 7) is -0.813. The number of para-hydroxylation sites is 2. The summed E-state index contributed by atoms with van der Waals surface area (Å²) in [7, 11) is 1.18. The van der Waals surface area contributed by atoms with Gasteiger partial charge in [0.2, 0.25) is 0 Å². The average molecular weight is 265 g/mol. The summed E-state index contributed by atoms with van der Waals surface area (Å²) >= 11 is 0. The van der Waals surface area contributed by atoms with Crippen LogP contribution in [0, 0.1) is 0 Å². The molecule has 7 nitrogen and oxygen atoms in total. The van der Waals surface area contributed by atoms with Gasteiger partial charge in [-0.15, -0.1) is 0 Å². The molecule has 0 aliphatic carbocycles. The molecule has 1 aromatic carbocycles. The predicted octanol–water partition coefficient (Wildman–Crippen LogP) is 0.311. The van der Waals surface area contributed by atoms with Crippen molar-refractivity contribution in [2.75, 3.05) is 13.7 Å². The third kappa shape index (κ3) is 2.82. The lowest BCUT2D eigenvalue weighted by Crippen LogP contribution is -2.23. The summed E-state index contributed by atoms with van der Waals surface area (Å²) in [6.07, 6.45) is 0. The third-order valence-corrected chi connectivity index (χ3v) is 2.44. The maximum absolute atomic E-state index is 11.6. The van der Waals surface area contributed by atoms with Gasteiger partial charge in [-0.05, 0) is 12.1 Å². The zero-order chi connectivity index (χ0) is 13.8. The molecule has 0 atom stereocenters. The van der Waals surface area contributed by atoms with Gasteiger partial charge in [-0.25, -0.2) is 9.59 Å². The van der Waals surface area contributed by atoms with E-state index in [-0.39, 0.29) is 6.54 Å². The maximum atomic E-state index is 11.6. The molecule has 7 heteroatoms. The van der Waals surface area contributed by atoms with Gasteiger partial charge >= 0.3 is 17.7 Å². The van der Waals surface area contributed by atoms with Crippen molar-refractivity contribution in [1.29, 1.82) is 0 Å². The molecule has 19 heavy (non-hydrogen) atoms. The molecule has 0 saturated carbocycles. The Morgan fingerprint density at radius 1 is 1.26 bits per heavy atom. The van der Waals surface area contributed by atoms with Crippen LogP contribution in [0.5, 0.6) is 0 Å². The average Bonchev–Trinajstić information content (AvgIpc) is 2.72. The number of ether oxygens (including phenoxy) is 2. The molecule has 0 aliphatic rings. The van der Waals surface area contributed by atoms with Crippen LogP contribution in [-0.2, 0) is 25.6 Å². The summed E-state index contributed by atoms with van der Waals surface area (Å²) in [4.78, 5) is 33.9. The van der Waals surface area contributed by atoms with Crippen molar-refractivity contribution in [3.8, 4) is 0 Å². The van der Waals surface area contributed by atoms with Crippen molar-refractivity contribution in [3.63, 3.8) is 0 Å². The number of oxazole rings is 1. The number of rotatable bonds is 4. The van der Waals surface area contributed by atoms with E-state index in [0.29, 0.717) is 11.1 Å². The maximum Gasteiger partial charge on any atom is 0.420 e. The number of hydrogen-bond acceptors (Lipinski definition) is 6. The lowest BCUT2D eigenvalue weighted by molar-refractivity contribution is -0.157. The number of carbonyl (C=O) groups is 2. The molecule has 100 valence electrons. The predicted molar refractivity (Wildman–Crippen MR) is 63.4 cm³/mol. The van der Waals surface area contributed by atoms with Crippen LogP contribution in [0.15, 0.2) is 33.5 Å². The Morgan fingerprint density at radius 2 is 2.00 bits per heavy atom. The normalized spacial score (nSPS) is 10.4. The fraction of sp³-hybridized carbons (Fsp3) is 0.250. The second-order valence-corrected chi connectivity index (χ2v) is 3.66. The van der Waals surface area contributed by atoms with Crippen LogP contribution < -0.4 is 5.76 Å². The van der Waals surface area contributed by atoms with E-state index in [1.54, 1.807) is 24.3 Å². The minimum absolute atomic E-state index is 0.327. The topological polar surface area (TPSA) is 87.7 Å². The Labute approximate surface area is 107 Å². The van der Waals surface area contributed by atoms with Gasteiger partial charge < -0.3 is 13.9 Å². The molecule has 1 heterocycles. The Bertz CT molecular complexity index is 668. The molecule has 2 rings (SSSR count). The van der Waals surface area contributed by atoms with E-state index in [1.165, 1.54) is 7.11 Å². The number of hydrogen-bond donors (Lipinski definition) is 0. The van der Waals surface area contributed by atoms with Crippen LogP contribution in [0.1, 0.15) is 0 Å². The molecule has 0 fully saturated rings.